The summed E-state index contributed by atoms with van der Waals surface area (Å²) in [6.45, 7) is 2.79. The van der Waals surface area contributed by atoms with Gasteiger partial charge in [-0.25, -0.2) is 4.79 Å². The Morgan fingerprint density at radius 3 is 2.91 bits per heavy atom. The monoisotopic (exact) mass is 325 g/mol. The van der Waals surface area contributed by atoms with Gasteiger partial charge in [-0.3, -0.25) is 4.79 Å². The highest BCUT2D eigenvalue weighted by molar-refractivity contribution is 5.81. The van der Waals surface area contributed by atoms with Crippen LogP contribution in [0.1, 0.15) is 51.4 Å². The average Bonchev–Trinajstić information content (AvgIpc) is 2.57. The molecule has 1 saturated carbocycles. The topological polar surface area (TPSA) is 70.7 Å². The summed E-state index contributed by atoms with van der Waals surface area (Å²) < 4.78 is 5.02. The van der Waals surface area contributed by atoms with E-state index < -0.39 is 0 Å². The number of carbonyl (C=O) groups is 2. The molecule has 0 radical (unpaired) electrons. The largest absolute Gasteiger partial charge is 0.385 e. The fourth-order valence-corrected chi connectivity index (χ4v) is 3.65. The molecule has 1 heterocycles. The highest BCUT2D eigenvalue weighted by Gasteiger charge is 2.37. The third kappa shape index (κ3) is 5.37. The van der Waals surface area contributed by atoms with Crippen LogP contribution in [-0.4, -0.2) is 56.2 Å². The summed E-state index contributed by atoms with van der Waals surface area (Å²) in [5, 5.41) is 6.05. The minimum atomic E-state index is -0.0495. The Hall–Kier alpha value is -1.30. The second-order valence-corrected chi connectivity index (χ2v) is 6.58. The number of hydrogen-bond donors (Lipinski definition) is 2. The van der Waals surface area contributed by atoms with Gasteiger partial charge in [0.1, 0.15) is 0 Å². The van der Waals surface area contributed by atoms with Gasteiger partial charge in [0, 0.05) is 39.4 Å². The highest BCUT2D eigenvalue weighted by atomic mass is 16.5. The Morgan fingerprint density at radius 1 is 1.26 bits per heavy atom. The highest BCUT2D eigenvalue weighted by Crippen LogP contribution is 2.29. The molecule has 2 rings (SSSR count). The second-order valence-electron chi connectivity index (χ2n) is 6.58. The molecule has 2 atom stereocenters. The van der Waals surface area contributed by atoms with E-state index in [9.17, 15) is 9.59 Å². The van der Waals surface area contributed by atoms with Gasteiger partial charge in [0.15, 0.2) is 0 Å². The number of amides is 3. The summed E-state index contributed by atoms with van der Waals surface area (Å²) in [5.41, 5.74) is 0. The fourth-order valence-electron chi connectivity index (χ4n) is 3.65. The molecule has 2 N–H and O–H groups in total. The zero-order valence-corrected chi connectivity index (χ0v) is 14.3. The lowest BCUT2D eigenvalue weighted by atomic mass is 9.82. The van der Waals surface area contributed by atoms with Crippen LogP contribution in [0.3, 0.4) is 0 Å². The van der Waals surface area contributed by atoms with Gasteiger partial charge in [0.05, 0.1) is 5.92 Å². The van der Waals surface area contributed by atoms with E-state index in [1.54, 1.807) is 7.11 Å². The molecule has 0 aromatic carbocycles. The molecular formula is C17H31N3O3. The molecule has 0 aromatic heterocycles. The van der Waals surface area contributed by atoms with Crippen molar-refractivity contribution >= 4 is 11.9 Å². The maximum Gasteiger partial charge on any atom is 0.317 e. The molecule has 1 aliphatic heterocycles. The maximum atomic E-state index is 12.6. The lowest BCUT2D eigenvalue weighted by Crippen LogP contribution is -2.54. The van der Waals surface area contributed by atoms with E-state index in [0.29, 0.717) is 13.2 Å². The van der Waals surface area contributed by atoms with Crippen molar-refractivity contribution < 1.29 is 14.3 Å². The molecule has 2 aliphatic rings. The van der Waals surface area contributed by atoms with Gasteiger partial charge in [-0.1, -0.05) is 12.8 Å². The Balaban J connectivity index is 2.02. The summed E-state index contributed by atoms with van der Waals surface area (Å²) >= 11 is 0. The Labute approximate surface area is 139 Å². The first-order valence-electron chi connectivity index (χ1n) is 9.05. The molecule has 3 amide bonds. The van der Waals surface area contributed by atoms with Gasteiger partial charge in [0.2, 0.25) is 5.91 Å². The number of rotatable bonds is 4. The zero-order chi connectivity index (χ0) is 16.5. The first kappa shape index (κ1) is 18.0. The number of fused-ring (bicyclic) bond motifs is 1. The van der Waals surface area contributed by atoms with Crippen molar-refractivity contribution in [3.63, 3.8) is 0 Å². The lowest BCUT2D eigenvalue weighted by Gasteiger charge is -2.40. The molecule has 1 saturated heterocycles. The first-order chi connectivity index (χ1) is 11.2. The normalized spacial score (nSPS) is 26.1. The molecule has 0 bridgehead atoms. The summed E-state index contributed by atoms with van der Waals surface area (Å²) in [7, 11) is 1.66. The summed E-state index contributed by atoms with van der Waals surface area (Å²) in [4.78, 5) is 27.0. The van der Waals surface area contributed by atoms with E-state index in [2.05, 4.69) is 10.6 Å². The lowest BCUT2D eigenvalue weighted by molar-refractivity contribution is -0.128. The predicted octanol–water partition coefficient (Wildman–Crippen LogP) is 1.89. The molecule has 2 fully saturated rings. The van der Waals surface area contributed by atoms with E-state index in [4.69, 9.17) is 4.74 Å². The number of carbonyl (C=O) groups excluding carboxylic acids is 2. The van der Waals surface area contributed by atoms with Crippen LogP contribution < -0.4 is 10.6 Å². The number of methoxy groups -OCH3 is 1. The molecule has 0 spiro atoms. The molecule has 1 aliphatic carbocycles. The Kier molecular flexibility index (Phi) is 7.65. The van der Waals surface area contributed by atoms with Crippen molar-refractivity contribution in [2.45, 2.75) is 57.4 Å². The number of nitrogens with one attached hydrogen (secondary N) is 2. The standard InChI is InChI=1S/C17H31N3O3/c1-23-13-7-11-19-17(22)20-12-6-2-5-10-18-16(21)14-8-3-4-9-15(14)20/h14-15H,2-13H2,1H3,(H,18,21)(H,19,22). The Bertz CT molecular complexity index is 389. The molecule has 132 valence electrons. The molecule has 6 heteroatoms. The minimum absolute atomic E-state index is 0.0219. The number of nitrogens with zero attached hydrogens (tertiary/aromatic N) is 1. The van der Waals surface area contributed by atoms with Crippen molar-refractivity contribution in [3.05, 3.63) is 0 Å². The van der Waals surface area contributed by atoms with Crippen molar-refractivity contribution in [2.24, 2.45) is 5.92 Å². The van der Waals surface area contributed by atoms with E-state index >= 15 is 0 Å². The predicted molar refractivity (Wildman–Crippen MR) is 89.2 cm³/mol. The van der Waals surface area contributed by atoms with Gasteiger partial charge in [0.25, 0.3) is 0 Å². The summed E-state index contributed by atoms with van der Waals surface area (Å²) in [6, 6.07) is 0.0238. The number of urea groups is 1. The van der Waals surface area contributed by atoms with Crippen LogP contribution in [0.15, 0.2) is 0 Å². The molecule has 2 unspecified atom stereocenters. The van der Waals surface area contributed by atoms with Crippen LogP contribution in [0.2, 0.25) is 0 Å². The SMILES string of the molecule is COCCCNC(=O)N1CCCCCNC(=O)C2CCCCC21. The molecule has 23 heavy (non-hydrogen) atoms. The molecule has 6 nitrogen and oxygen atoms in total. The minimum Gasteiger partial charge on any atom is -0.385 e. The fraction of sp³-hybridized carbons (Fsp3) is 0.882. The average molecular weight is 325 g/mol. The quantitative estimate of drug-likeness (QED) is 0.776. The van der Waals surface area contributed by atoms with Crippen LogP contribution in [0.25, 0.3) is 0 Å². The van der Waals surface area contributed by atoms with Crippen LogP contribution >= 0.6 is 0 Å². The van der Waals surface area contributed by atoms with Crippen LogP contribution in [-0.2, 0) is 9.53 Å². The van der Waals surface area contributed by atoms with E-state index in [0.717, 1.165) is 64.5 Å². The zero-order valence-electron chi connectivity index (χ0n) is 14.3. The third-order valence-electron chi connectivity index (χ3n) is 4.90. The van der Waals surface area contributed by atoms with Crippen LogP contribution in [0, 0.1) is 5.92 Å². The van der Waals surface area contributed by atoms with Crippen molar-refractivity contribution in [2.75, 3.05) is 33.4 Å². The van der Waals surface area contributed by atoms with Gasteiger partial charge in [-0.2, -0.15) is 0 Å². The number of hydrogen-bond acceptors (Lipinski definition) is 3. The van der Waals surface area contributed by atoms with E-state index in [1.165, 1.54) is 0 Å². The molecular weight excluding hydrogens is 294 g/mol. The van der Waals surface area contributed by atoms with Crippen molar-refractivity contribution in [3.8, 4) is 0 Å². The van der Waals surface area contributed by atoms with Crippen LogP contribution in [0.5, 0.6) is 0 Å². The third-order valence-corrected chi connectivity index (χ3v) is 4.90. The summed E-state index contributed by atoms with van der Waals surface area (Å²) in [6.07, 6.45) is 7.86. The summed E-state index contributed by atoms with van der Waals surface area (Å²) in [5.74, 6) is 0.0837. The smallest absolute Gasteiger partial charge is 0.317 e. The van der Waals surface area contributed by atoms with E-state index in [-0.39, 0.29) is 23.9 Å². The number of ether oxygens (including phenoxy) is 1. The Morgan fingerprint density at radius 2 is 2.09 bits per heavy atom. The van der Waals surface area contributed by atoms with Gasteiger partial charge in [-0.15, -0.1) is 0 Å². The van der Waals surface area contributed by atoms with Gasteiger partial charge < -0.3 is 20.3 Å². The first-order valence-corrected chi connectivity index (χ1v) is 9.05. The van der Waals surface area contributed by atoms with Crippen molar-refractivity contribution in [1.82, 2.24) is 15.5 Å². The second kappa shape index (κ2) is 9.75. The maximum absolute atomic E-state index is 12.6. The van der Waals surface area contributed by atoms with Crippen molar-refractivity contribution in [1.29, 1.82) is 0 Å². The van der Waals surface area contributed by atoms with Gasteiger partial charge >= 0.3 is 6.03 Å². The molecule has 0 aromatic rings. The van der Waals surface area contributed by atoms with Crippen LogP contribution in [0.4, 0.5) is 4.79 Å². The van der Waals surface area contributed by atoms with Gasteiger partial charge in [-0.05, 0) is 38.5 Å². The van der Waals surface area contributed by atoms with E-state index in [1.807, 2.05) is 4.90 Å².